The Labute approximate surface area is 131 Å². The predicted octanol–water partition coefficient (Wildman–Crippen LogP) is 4.27. The van der Waals surface area contributed by atoms with Gasteiger partial charge in [-0.15, -0.1) is 0 Å². The Balaban J connectivity index is 1.98. The fourth-order valence-electron chi connectivity index (χ4n) is 3.10. The molecule has 4 heteroatoms. The van der Waals surface area contributed by atoms with Gasteiger partial charge in [-0.25, -0.2) is 0 Å². The van der Waals surface area contributed by atoms with E-state index in [2.05, 4.69) is 31.3 Å². The molecular weight excluding hydrogens is 286 g/mol. The summed E-state index contributed by atoms with van der Waals surface area (Å²) in [5, 5.41) is 13.5. The summed E-state index contributed by atoms with van der Waals surface area (Å²) in [4.78, 5) is 11.0. The molecule has 0 aromatic heterocycles. The molecule has 1 unspecified atom stereocenters. The fraction of sp³-hybridized carbons (Fsp3) is 0.588. The normalized spacial score (nSPS) is 24.0. The van der Waals surface area contributed by atoms with E-state index in [9.17, 15) is 4.79 Å². The van der Waals surface area contributed by atoms with Crippen molar-refractivity contribution in [1.82, 2.24) is 5.32 Å². The lowest BCUT2D eigenvalue weighted by Gasteiger charge is -2.33. The Morgan fingerprint density at radius 3 is 2.24 bits per heavy atom. The first kappa shape index (κ1) is 16.3. The van der Waals surface area contributed by atoms with Crippen LogP contribution in [0.3, 0.4) is 0 Å². The lowest BCUT2D eigenvalue weighted by Crippen LogP contribution is -2.39. The molecule has 0 spiro atoms. The van der Waals surface area contributed by atoms with Crippen molar-refractivity contribution < 1.29 is 9.90 Å². The molecule has 1 aliphatic carbocycles. The van der Waals surface area contributed by atoms with Crippen LogP contribution < -0.4 is 5.32 Å². The summed E-state index contributed by atoms with van der Waals surface area (Å²) < 4.78 is 0. The Bertz CT molecular complexity index is 464. The Morgan fingerprint density at radius 2 is 1.76 bits per heavy atom. The predicted molar refractivity (Wildman–Crippen MR) is 85.5 cm³/mol. The van der Waals surface area contributed by atoms with E-state index in [1.165, 1.54) is 5.56 Å². The Morgan fingerprint density at radius 1 is 1.19 bits per heavy atom. The molecule has 1 aliphatic rings. The van der Waals surface area contributed by atoms with E-state index < -0.39 is 5.97 Å². The highest BCUT2D eigenvalue weighted by atomic mass is 35.5. The van der Waals surface area contributed by atoms with Crippen LogP contribution in [0.1, 0.15) is 51.1 Å². The van der Waals surface area contributed by atoms with Crippen LogP contribution in [0.4, 0.5) is 0 Å². The number of aliphatic carboxylic acids is 1. The van der Waals surface area contributed by atoms with Gasteiger partial charge in [-0.3, -0.25) is 4.79 Å². The second-order valence-corrected chi connectivity index (χ2v) is 6.76. The van der Waals surface area contributed by atoms with E-state index in [0.29, 0.717) is 12.0 Å². The largest absolute Gasteiger partial charge is 0.481 e. The van der Waals surface area contributed by atoms with Gasteiger partial charge >= 0.3 is 5.97 Å². The van der Waals surface area contributed by atoms with E-state index in [1.807, 2.05) is 12.1 Å². The van der Waals surface area contributed by atoms with Crippen molar-refractivity contribution in [1.29, 1.82) is 0 Å². The van der Waals surface area contributed by atoms with E-state index in [0.717, 1.165) is 30.7 Å². The molecule has 1 aromatic rings. The number of hydrogen-bond acceptors (Lipinski definition) is 2. The van der Waals surface area contributed by atoms with Crippen LogP contribution in [-0.2, 0) is 4.79 Å². The maximum Gasteiger partial charge on any atom is 0.306 e. The van der Waals surface area contributed by atoms with Gasteiger partial charge in [0, 0.05) is 17.1 Å². The summed E-state index contributed by atoms with van der Waals surface area (Å²) in [6.07, 6.45) is 3.43. The van der Waals surface area contributed by atoms with E-state index in [1.54, 1.807) is 0 Å². The number of carbonyl (C=O) groups is 1. The van der Waals surface area contributed by atoms with Gasteiger partial charge in [0.05, 0.1) is 5.92 Å². The molecule has 0 radical (unpaired) electrons. The van der Waals surface area contributed by atoms with Crippen molar-refractivity contribution in [3.05, 3.63) is 34.9 Å². The molecule has 3 nitrogen and oxygen atoms in total. The molecule has 1 saturated carbocycles. The molecule has 21 heavy (non-hydrogen) atoms. The average molecular weight is 310 g/mol. The zero-order chi connectivity index (χ0) is 15.4. The van der Waals surface area contributed by atoms with Gasteiger partial charge in [0.15, 0.2) is 0 Å². The highest BCUT2D eigenvalue weighted by Gasteiger charge is 2.28. The minimum absolute atomic E-state index is 0.156. The topological polar surface area (TPSA) is 49.3 Å². The van der Waals surface area contributed by atoms with Crippen molar-refractivity contribution in [3.8, 4) is 0 Å². The SMILES string of the molecule is CC(C)C(NC1CCC(C(=O)O)CC1)c1ccc(Cl)cc1. The quantitative estimate of drug-likeness (QED) is 0.854. The van der Waals surface area contributed by atoms with Crippen molar-refractivity contribution in [2.75, 3.05) is 0 Å². The molecule has 2 N–H and O–H groups in total. The maximum atomic E-state index is 11.0. The summed E-state index contributed by atoms with van der Waals surface area (Å²) in [7, 11) is 0. The Kier molecular flexibility index (Phi) is 5.65. The summed E-state index contributed by atoms with van der Waals surface area (Å²) >= 11 is 5.96. The van der Waals surface area contributed by atoms with E-state index in [4.69, 9.17) is 16.7 Å². The zero-order valence-electron chi connectivity index (χ0n) is 12.7. The highest BCUT2D eigenvalue weighted by Crippen LogP contribution is 2.29. The highest BCUT2D eigenvalue weighted by molar-refractivity contribution is 6.30. The molecule has 0 bridgehead atoms. The lowest BCUT2D eigenvalue weighted by molar-refractivity contribution is -0.142. The first-order chi connectivity index (χ1) is 9.97. The average Bonchev–Trinajstić information content (AvgIpc) is 2.46. The molecule has 1 atom stereocenters. The van der Waals surface area contributed by atoms with Gasteiger partial charge in [-0.05, 0) is 49.3 Å². The molecule has 116 valence electrons. The van der Waals surface area contributed by atoms with Crippen LogP contribution in [0.2, 0.25) is 5.02 Å². The van der Waals surface area contributed by atoms with E-state index in [-0.39, 0.29) is 12.0 Å². The third-order valence-corrected chi connectivity index (χ3v) is 4.64. The van der Waals surface area contributed by atoms with Gasteiger partial charge in [0.2, 0.25) is 0 Å². The second kappa shape index (κ2) is 7.28. The standard InChI is InChI=1S/C17H24ClNO2/c1-11(2)16(12-3-7-14(18)8-4-12)19-15-9-5-13(6-10-15)17(20)21/h3-4,7-8,11,13,15-16,19H,5-6,9-10H2,1-2H3,(H,20,21). The summed E-state index contributed by atoms with van der Waals surface area (Å²) in [5.74, 6) is -0.328. The first-order valence-electron chi connectivity index (χ1n) is 7.71. The van der Waals surface area contributed by atoms with E-state index >= 15 is 0 Å². The number of carboxylic acid groups (broad SMARTS) is 1. The van der Waals surface area contributed by atoms with Crippen molar-refractivity contribution in [2.24, 2.45) is 11.8 Å². The van der Waals surface area contributed by atoms with Crippen LogP contribution in [0.25, 0.3) is 0 Å². The number of hydrogen-bond donors (Lipinski definition) is 2. The monoisotopic (exact) mass is 309 g/mol. The van der Waals surface area contributed by atoms with Gasteiger partial charge in [0.1, 0.15) is 0 Å². The third-order valence-electron chi connectivity index (χ3n) is 4.39. The van der Waals surface area contributed by atoms with Crippen LogP contribution in [0.5, 0.6) is 0 Å². The minimum atomic E-state index is -0.647. The summed E-state index contributed by atoms with van der Waals surface area (Å²) in [6, 6.07) is 8.69. The van der Waals surface area contributed by atoms with Crippen molar-refractivity contribution >= 4 is 17.6 Å². The van der Waals surface area contributed by atoms with Gasteiger partial charge in [-0.2, -0.15) is 0 Å². The van der Waals surface area contributed by atoms with Crippen LogP contribution >= 0.6 is 11.6 Å². The smallest absolute Gasteiger partial charge is 0.306 e. The number of benzene rings is 1. The second-order valence-electron chi connectivity index (χ2n) is 6.33. The molecular formula is C17H24ClNO2. The van der Waals surface area contributed by atoms with Crippen molar-refractivity contribution in [3.63, 3.8) is 0 Å². The first-order valence-corrected chi connectivity index (χ1v) is 8.09. The number of carboxylic acids is 1. The number of rotatable bonds is 5. The Hall–Kier alpha value is -1.06. The maximum absolute atomic E-state index is 11.0. The molecule has 0 amide bonds. The van der Waals surface area contributed by atoms with Gasteiger partial charge in [-0.1, -0.05) is 37.6 Å². The fourth-order valence-corrected chi connectivity index (χ4v) is 3.23. The minimum Gasteiger partial charge on any atom is -0.481 e. The number of halogens is 1. The lowest BCUT2D eigenvalue weighted by atomic mass is 9.84. The van der Waals surface area contributed by atoms with Crippen LogP contribution in [-0.4, -0.2) is 17.1 Å². The van der Waals surface area contributed by atoms with Crippen LogP contribution in [0, 0.1) is 11.8 Å². The molecule has 1 fully saturated rings. The van der Waals surface area contributed by atoms with Crippen molar-refractivity contribution in [2.45, 2.75) is 51.6 Å². The third kappa shape index (κ3) is 4.45. The molecule has 1 aromatic carbocycles. The van der Waals surface area contributed by atoms with Gasteiger partial charge in [0.25, 0.3) is 0 Å². The molecule has 0 saturated heterocycles. The van der Waals surface area contributed by atoms with Gasteiger partial charge < -0.3 is 10.4 Å². The molecule has 2 rings (SSSR count). The molecule has 0 aliphatic heterocycles. The zero-order valence-corrected chi connectivity index (χ0v) is 13.4. The number of nitrogens with one attached hydrogen (secondary N) is 1. The summed E-state index contributed by atoms with van der Waals surface area (Å²) in [6.45, 7) is 4.41. The van der Waals surface area contributed by atoms with Crippen LogP contribution in [0.15, 0.2) is 24.3 Å². The summed E-state index contributed by atoms with van der Waals surface area (Å²) in [5.41, 5.74) is 1.25. The molecule has 0 heterocycles.